The number of benzene rings is 1. The van der Waals surface area contributed by atoms with Gasteiger partial charge in [-0.2, -0.15) is 0 Å². The molecule has 1 aromatic rings. The molecule has 1 aliphatic carbocycles. The Bertz CT molecular complexity index is 658. The molecule has 0 radical (unpaired) electrons. The Hall–Kier alpha value is -1.88. The molecule has 2 heterocycles. The van der Waals surface area contributed by atoms with E-state index < -0.39 is 5.60 Å². The molecule has 3 aliphatic rings. The highest BCUT2D eigenvalue weighted by Crippen LogP contribution is 2.36. The maximum Gasteiger partial charge on any atom is 0.249 e. The molecule has 2 aliphatic heterocycles. The van der Waals surface area contributed by atoms with Gasteiger partial charge in [-0.05, 0) is 31.7 Å². The summed E-state index contributed by atoms with van der Waals surface area (Å²) in [7, 11) is 0. The average molecular weight is 342 g/mol. The second kappa shape index (κ2) is 6.45. The first-order valence-electron chi connectivity index (χ1n) is 9.33. The van der Waals surface area contributed by atoms with E-state index in [1.54, 1.807) is 0 Å². The van der Waals surface area contributed by atoms with E-state index in [4.69, 9.17) is 4.74 Å². The highest BCUT2D eigenvalue weighted by Gasteiger charge is 2.50. The first kappa shape index (κ1) is 16.6. The molecule has 2 atom stereocenters. The lowest BCUT2D eigenvalue weighted by Gasteiger charge is -2.53. The maximum atomic E-state index is 12.6. The summed E-state index contributed by atoms with van der Waals surface area (Å²) in [5.41, 5.74) is 0.661. The molecule has 5 heteroatoms. The lowest BCUT2D eigenvalue weighted by Crippen LogP contribution is -2.68. The average Bonchev–Trinajstić information content (AvgIpc) is 2.56. The number of nitrogens with zero attached hydrogens (tertiary/aromatic N) is 2. The number of carbonyl (C=O) groups is 2. The summed E-state index contributed by atoms with van der Waals surface area (Å²) in [6.45, 7) is 4.08. The van der Waals surface area contributed by atoms with Crippen LogP contribution in [0.4, 0.5) is 0 Å². The number of hydrogen-bond acceptors (Lipinski definition) is 3. The van der Waals surface area contributed by atoms with Crippen LogP contribution in [0.2, 0.25) is 0 Å². The number of rotatable bonds is 3. The van der Waals surface area contributed by atoms with Gasteiger partial charge >= 0.3 is 0 Å². The Kier molecular flexibility index (Phi) is 4.28. The van der Waals surface area contributed by atoms with E-state index in [2.05, 4.69) is 19.1 Å². The Morgan fingerprint density at radius 3 is 2.68 bits per heavy atom. The number of amides is 2. The van der Waals surface area contributed by atoms with Crippen LogP contribution in [0.15, 0.2) is 30.3 Å². The number of morpholine rings is 1. The molecule has 1 aromatic carbocycles. The molecule has 0 N–H and O–H groups in total. The quantitative estimate of drug-likeness (QED) is 0.846. The molecule has 1 saturated carbocycles. The molecule has 2 amide bonds. The molecule has 0 aromatic heterocycles. The van der Waals surface area contributed by atoms with Gasteiger partial charge in [0, 0.05) is 19.0 Å². The Morgan fingerprint density at radius 1 is 1.24 bits per heavy atom. The minimum absolute atomic E-state index is 0.0272. The fourth-order valence-electron chi connectivity index (χ4n) is 4.34. The fourth-order valence-corrected chi connectivity index (χ4v) is 4.34. The van der Waals surface area contributed by atoms with Gasteiger partial charge in [0.1, 0.15) is 12.2 Å². The van der Waals surface area contributed by atoms with Crippen molar-refractivity contribution in [3.05, 3.63) is 35.9 Å². The molecule has 0 unspecified atom stereocenters. The monoisotopic (exact) mass is 342 g/mol. The van der Waals surface area contributed by atoms with Gasteiger partial charge in [-0.1, -0.05) is 36.8 Å². The SMILES string of the molecule is C[C@@]12CN(C(=O)C3CCC3)CC[C@H]1N(Cc1ccccc1)C(=O)CO2. The normalized spacial score (nSPS) is 30.0. The Balaban J connectivity index is 1.50. The number of fused-ring (bicyclic) bond motifs is 1. The van der Waals surface area contributed by atoms with E-state index in [9.17, 15) is 9.59 Å². The van der Waals surface area contributed by atoms with E-state index >= 15 is 0 Å². The fraction of sp³-hybridized carbons (Fsp3) is 0.600. The molecule has 25 heavy (non-hydrogen) atoms. The van der Waals surface area contributed by atoms with E-state index in [-0.39, 0.29) is 30.4 Å². The molecule has 2 saturated heterocycles. The third kappa shape index (κ3) is 3.06. The van der Waals surface area contributed by atoms with Gasteiger partial charge in [0.05, 0.1) is 12.6 Å². The predicted molar refractivity (Wildman–Crippen MR) is 93.7 cm³/mol. The van der Waals surface area contributed by atoms with Crippen LogP contribution in [0.1, 0.15) is 38.2 Å². The van der Waals surface area contributed by atoms with Crippen LogP contribution < -0.4 is 0 Å². The predicted octanol–water partition coefficient (Wildman–Crippen LogP) is 2.21. The van der Waals surface area contributed by atoms with Crippen molar-refractivity contribution in [2.24, 2.45) is 5.92 Å². The van der Waals surface area contributed by atoms with Crippen LogP contribution in [-0.2, 0) is 20.9 Å². The number of piperidine rings is 1. The lowest BCUT2D eigenvalue weighted by atomic mass is 9.81. The van der Waals surface area contributed by atoms with Crippen LogP contribution in [0.3, 0.4) is 0 Å². The van der Waals surface area contributed by atoms with Crippen molar-refractivity contribution in [3.63, 3.8) is 0 Å². The summed E-state index contributed by atoms with van der Waals surface area (Å²) in [6.07, 6.45) is 4.00. The van der Waals surface area contributed by atoms with Crippen molar-refractivity contribution in [2.75, 3.05) is 19.7 Å². The number of carbonyl (C=O) groups excluding carboxylic acids is 2. The minimum Gasteiger partial charge on any atom is -0.361 e. The smallest absolute Gasteiger partial charge is 0.249 e. The highest BCUT2D eigenvalue weighted by molar-refractivity contribution is 5.81. The first-order chi connectivity index (χ1) is 12.1. The zero-order chi connectivity index (χ0) is 17.4. The van der Waals surface area contributed by atoms with Crippen molar-refractivity contribution in [3.8, 4) is 0 Å². The molecular weight excluding hydrogens is 316 g/mol. The third-order valence-electron chi connectivity index (χ3n) is 6.07. The standard InChI is InChI=1S/C20H26N2O3/c1-20-14-21(19(24)16-8-5-9-16)11-10-17(20)22(18(23)13-25-20)12-15-6-3-2-4-7-15/h2-4,6-7,16-17H,5,8-14H2,1H3/t17-,20-/m1/s1. The summed E-state index contributed by atoms with van der Waals surface area (Å²) < 4.78 is 5.98. The van der Waals surface area contributed by atoms with Crippen LogP contribution in [0.25, 0.3) is 0 Å². The molecular formula is C20H26N2O3. The van der Waals surface area contributed by atoms with Gasteiger partial charge in [0.2, 0.25) is 11.8 Å². The highest BCUT2D eigenvalue weighted by atomic mass is 16.5. The van der Waals surface area contributed by atoms with E-state index in [1.165, 1.54) is 6.42 Å². The second-order valence-corrected chi connectivity index (χ2v) is 7.80. The van der Waals surface area contributed by atoms with Crippen molar-refractivity contribution in [2.45, 2.75) is 50.8 Å². The van der Waals surface area contributed by atoms with Crippen LogP contribution in [0.5, 0.6) is 0 Å². The number of hydrogen-bond donors (Lipinski definition) is 0. The molecule has 4 rings (SSSR count). The summed E-state index contributed by atoms with van der Waals surface area (Å²) in [5.74, 6) is 0.539. The van der Waals surface area contributed by atoms with Crippen LogP contribution in [-0.4, -0.2) is 53.0 Å². The summed E-state index contributed by atoms with van der Waals surface area (Å²) in [4.78, 5) is 29.1. The maximum absolute atomic E-state index is 12.6. The zero-order valence-corrected chi connectivity index (χ0v) is 14.8. The first-order valence-corrected chi connectivity index (χ1v) is 9.33. The lowest BCUT2D eigenvalue weighted by molar-refractivity contribution is -0.191. The minimum atomic E-state index is -0.472. The number of ether oxygens (including phenoxy) is 1. The van der Waals surface area contributed by atoms with E-state index in [0.717, 1.165) is 31.4 Å². The number of likely N-dealkylation sites (tertiary alicyclic amines) is 1. The van der Waals surface area contributed by atoms with Crippen LogP contribution >= 0.6 is 0 Å². The van der Waals surface area contributed by atoms with E-state index in [0.29, 0.717) is 13.1 Å². The van der Waals surface area contributed by atoms with E-state index in [1.807, 2.05) is 28.0 Å². The molecule has 0 spiro atoms. The molecule has 0 bridgehead atoms. The summed E-state index contributed by atoms with van der Waals surface area (Å²) >= 11 is 0. The van der Waals surface area contributed by atoms with Gasteiger partial charge in [-0.25, -0.2) is 0 Å². The van der Waals surface area contributed by atoms with Crippen molar-refractivity contribution >= 4 is 11.8 Å². The van der Waals surface area contributed by atoms with Gasteiger partial charge in [-0.15, -0.1) is 0 Å². The van der Waals surface area contributed by atoms with Crippen LogP contribution in [0, 0.1) is 5.92 Å². The topological polar surface area (TPSA) is 49.9 Å². The van der Waals surface area contributed by atoms with Crippen molar-refractivity contribution in [1.82, 2.24) is 9.80 Å². The second-order valence-electron chi connectivity index (χ2n) is 7.80. The molecule has 134 valence electrons. The Morgan fingerprint density at radius 2 is 2.00 bits per heavy atom. The molecule has 5 nitrogen and oxygen atoms in total. The van der Waals surface area contributed by atoms with Crippen molar-refractivity contribution in [1.29, 1.82) is 0 Å². The third-order valence-corrected chi connectivity index (χ3v) is 6.07. The van der Waals surface area contributed by atoms with Gasteiger partial charge in [0.25, 0.3) is 0 Å². The summed E-state index contributed by atoms with van der Waals surface area (Å²) in [5, 5.41) is 0. The molecule has 3 fully saturated rings. The Labute approximate surface area is 148 Å². The van der Waals surface area contributed by atoms with Gasteiger partial charge in [-0.3, -0.25) is 9.59 Å². The van der Waals surface area contributed by atoms with Crippen molar-refractivity contribution < 1.29 is 14.3 Å². The van der Waals surface area contributed by atoms with Gasteiger partial charge in [0.15, 0.2) is 0 Å². The van der Waals surface area contributed by atoms with Gasteiger partial charge < -0.3 is 14.5 Å². The largest absolute Gasteiger partial charge is 0.361 e. The zero-order valence-electron chi connectivity index (χ0n) is 14.8. The summed E-state index contributed by atoms with van der Waals surface area (Å²) in [6, 6.07) is 10.1.